The molecule has 0 saturated carbocycles. The quantitative estimate of drug-likeness (QED) is 0.626. The summed E-state index contributed by atoms with van der Waals surface area (Å²) in [6.07, 6.45) is 3.06. The van der Waals surface area contributed by atoms with Crippen LogP contribution in [-0.4, -0.2) is 46.8 Å². The van der Waals surface area contributed by atoms with Crippen LogP contribution >= 0.6 is 0 Å². The molecule has 4 heteroatoms. The lowest BCUT2D eigenvalue weighted by atomic mass is 10.0. The van der Waals surface area contributed by atoms with E-state index in [1.807, 2.05) is 4.90 Å². The molecule has 12 heavy (non-hydrogen) atoms. The van der Waals surface area contributed by atoms with E-state index < -0.39 is 5.97 Å². The van der Waals surface area contributed by atoms with Gasteiger partial charge in [0.2, 0.25) is 0 Å². The number of nitrogens with zero attached hydrogens (tertiary/aromatic N) is 1. The van der Waals surface area contributed by atoms with Crippen LogP contribution in [0.4, 0.5) is 0 Å². The highest BCUT2D eigenvalue weighted by Gasteiger charge is 2.22. The normalized spacial score (nSPS) is 25.6. The van der Waals surface area contributed by atoms with Gasteiger partial charge in [-0.05, 0) is 19.4 Å². The highest BCUT2D eigenvalue weighted by atomic mass is 16.4. The molecule has 1 aliphatic rings. The second-order valence-electron chi connectivity index (χ2n) is 3.20. The summed E-state index contributed by atoms with van der Waals surface area (Å²) in [5.74, 6) is -0.810. The Hall–Kier alpha value is -0.610. The average molecular weight is 173 g/mol. The third kappa shape index (κ3) is 2.46. The number of carbonyl (C=O) groups is 1. The smallest absolute Gasteiger partial charge is 0.317 e. The molecule has 0 bridgehead atoms. The molecule has 0 aromatic carbocycles. The summed E-state index contributed by atoms with van der Waals surface area (Å²) in [5, 5.41) is 17.5. The molecule has 4 nitrogen and oxygen atoms in total. The van der Waals surface area contributed by atoms with E-state index in [0.29, 0.717) is 0 Å². The first-order chi connectivity index (χ1) is 5.74. The maximum atomic E-state index is 10.4. The Morgan fingerprint density at radius 2 is 2.25 bits per heavy atom. The summed E-state index contributed by atoms with van der Waals surface area (Å²) in [4.78, 5) is 12.2. The van der Waals surface area contributed by atoms with E-state index in [4.69, 9.17) is 10.2 Å². The maximum absolute atomic E-state index is 10.4. The number of hydrogen-bond acceptors (Lipinski definition) is 3. The molecule has 0 spiro atoms. The monoisotopic (exact) mass is 173 g/mol. The molecule has 0 aromatic heterocycles. The molecule has 0 aliphatic carbocycles. The zero-order valence-electron chi connectivity index (χ0n) is 7.07. The van der Waals surface area contributed by atoms with Crippen molar-refractivity contribution in [3.63, 3.8) is 0 Å². The number of aliphatic hydroxyl groups is 1. The Kier molecular flexibility index (Phi) is 3.49. The van der Waals surface area contributed by atoms with E-state index in [1.165, 1.54) is 0 Å². The summed E-state index contributed by atoms with van der Waals surface area (Å²) < 4.78 is 0. The highest BCUT2D eigenvalue weighted by molar-refractivity contribution is 5.69. The summed E-state index contributed by atoms with van der Waals surface area (Å²) in [7, 11) is 0. The largest absolute Gasteiger partial charge is 0.480 e. The van der Waals surface area contributed by atoms with Crippen molar-refractivity contribution in [2.24, 2.45) is 0 Å². The Labute approximate surface area is 71.8 Å². The fraction of sp³-hybridized carbons (Fsp3) is 0.875. The first-order valence-corrected chi connectivity index (χ1v) is 4.30. The minimum atomic E-state index is -0.810. The number of carboxylic acids is 1. The molecule has 0 aromatic rings. The van der Waals surface area contributed by atoms with Crippen molar-refractivity contribution >= 4 is 5.97 Å². The predicted octanol–water partition coefficient (Wildman–Crippen LogP) is -0.0822. The van der Waals surface area contributed by atoms with Gasteiger partial charge in [-0.1, -0.05) is 6.42 Å². The van der Waals surface area contributed by atoms with Gasteiger partial charge in [0.05, 0.1) is 13.2 Å². The van der Waals surface area contributed by atoms with Crippen molar-refractivity contribution in [2.45, 2.75) is 25.3 Å². The molecule has 1 heterocycles. The Morgan fingerprint density at radius 1 is 1.50 bits per heavy atom. The van der Waals surface area contributed by atoms with Gasteiger partial charge < -0.3 is 10.2 Å². The van der Waals surface area contributed by atoms with Crippen LogP contribution in [0.15, 0.2) is 0 Å². The molecule has 1 aliphatic heterocycles. The highest BCUT2D eigenvalue weighted by Crippen LogP contribution is 2.15. The third-order valence-electron chi connectivity index (χ3n) is 2.30. The summed E-state index contributed by atoms with van der Waals surface area (Å²) in [6.45, 7) is 0.941. The van der Waals surface area contributed by atoms with Crippen LogP contribution in [0.2, 0.25) is 0 Å². The van der Waals surface area contributed by atoms with E-state index in [2.05, 4.69) is 0 Å². The zero-order chi connectivity index (χ0) is 8.97. The van der Waals surface area contributed by atoms with Gasteiger partial charge in [-0.2, -0.15) is 0 Å². The fourth-order valence-corrected chi connectivity index (χ4v) is 1.65. The van der Waals surface area contributed by atoms with Crippen molar-refractivity contribution in [3.8, 4) is 0 Å². The number of carboxylic acid groups (broad SMARTS) is 1. The van der Waals surface area contributed by atoms with Gasteiger partial charge in [0.25, 0.3) is 0 Å². The van der Waals surface area contributed by atoms with Crippen LogP contribution in [0.3, 0.4) is 0 Å². The van der Waals surface area contributed by atoms with Crippen LogP contribution in [0, 0.1) is 0 Å². The molecule has 1 rings (SSSR count). The summed E-state index contributed by atoms with van der Waals surface area (Å²) in [6, 6.07) is 0.0647. The molecule has 1 unspecified atom stereocenters. The predicted molar refractivity (Wildman–Crippen MR) is 43.9 cm³/mol. The maximum Gasteiger partial charge on any atom is 0.317 e. The molecule has 0 amide bonds. The van der Waals surface area contributed by atoms with Gasteiger partial charge in [-0.3, -0.25) is 9.69 Å². The number of likely N-dealkylation sites (tertiary alicyclic amines) is 1. The second kappa shape index (κ2) is 4.42. The number of piperidine rings is 1. The van der Waals surface area contributed by atoms with Crippen LogP contribution in [0.25, 0.3) is 0 Å². The lowest BCUT2D eigenvalue weighted by Gasteiger charge is -2.32. The van der Waals surface area contributed by atoms with Crippen LogP contribution in [-0.2, 0) is 4.79 Å². The molecule has 1 atom stereocenters. The minimum absolute atomic E-state index is 0.0607. The molecular weight excluding hydrogens is 158 g/mol. The second-order valence-corrected chi connectivity index (χ2v) is 3.20. The lowest BCUT2D eigenvalue weighted by molar-refractivity contribution is -0.139. The molecule has 1 fully saturated rings. The lowest BCUT2D eigenvalue weighted by Crippen LogP contribution is -2.44. The van der Waals surface area contributed by atoms with Crippen molar-refractivity contribution < 1.29 is 15.0 Å². The molecular formula is C8H15NO3. The third-order valence-corrected chi connectivity index (χ3v) is 2.30. The van der Waals surface area contributed by atoms with E-state index in [9.17, 15) is 4.79 Å². The van der Waals surface area contributed by atoms with Crippen LogP contribution in [0.5, 0.6) is 0 Å². The van der Waals surface area contributed by atoms with E-state index in [0.717, 1.165) is 25.8 Å². The van der Waals surface area contributed by atoms with Gasteiger partial charge in [-0.15, -0.1) is 0 Å². The zero-order valence-corrected chi connectivity index (χ0v) is 7.07. The molecule has 70 valence electrons. The first kappa shape index (κ1) is 9.48. The Morgan fingerprint density at radius 3 is 2.83 bits per heavy atom. The number of aliphatic hydroxyl groups excluding tert-OH is 1. The molecule has 0 radical (unpaired) electrons. The van der Waals surface area contributed by atoms with Crippen LogP contribution < -0.4 is 0 Å². The van der Waals surface area contributed by atoms with Gasteiger partial charge in [0.1, 0.15) is 0 Å². The Balaban J connectivity index is 2.41. The molecule has 2 N–H and O–H groups in total. The standard InChI is InChI=1S/C8H15NO3/c10-6-7-3-1-2-4-9(7)5-8(11)12/h7,10H,1-6H2,(H,11,12). The van der Waals surface area contributed by atoms with Crippen molar-refractivity contribution in [3.05, 3.63) is 0 Å². The van der Waals surface area contributed by atoms with E-state index >= 15 is 0 Å². The topological polar surface area (TPSA) is 60.8 Å². The fourth-order valence-electron chi connectivity index (χ4n) is 1.65. The number of aliphatic carboxylic acids is 1. The minimum Gasteiger partial charge on any atom is -0.480 e. The number of hydrogen-bond donors (Lipinski definition) is 2. The summed E-state index contributed by atoms with van der Waals surface area (Å²) >= 11 is 0. The van der Waals surface area contributed by atoms with Crippen LogP contribution in [0.1, 0.15) is 19.3 Å². The van der Waals surface area contributed by atoms with E-state index in [1.54, 1.807) is 0 Å². The SMILES string of the molecule is O=C(O)CN1CCCCC1CO. The van der Waals surface area contributed by atoms with Crippen molar-refractivity contribution in [2.75, 3.05) is 19.7 Å². The van der Waals surface area contributed by atoms with Crippen molar-refractivity contribution in [1.82, 2.24) is 4.90 Å². The van der Waals surface area contributed by atoms with Gasteiger partial charge in [-0.25, -0.2) is 0 Å². The Bertz CT molecular complexity index is 160. The summed E-state index contributed by atoms with van der Waals surface area (Å²) in [5.41, 5.74) is 0. The average Bonchev–Trinajstić information content (AvgIpc) is 2.04. The van der Waals surface area contributed by atoms with Crippen molar-refractivity contribution in [1.29, 1.82) is 0 Å². The van der Waals surface area contributed by atoms with E-state index in [-0.39, 0.29) is 19.2 Å². The number of rotatable bonds is 3. The van der Waals surface area contributed by atoms with Gasteiger partial charge >= 0.3 is 5.97 Å². The van der Waals surface area contributed by atoms with Gasteiger partial charge in [0.15, 0.2) is 0 Å². The molecule has 1 saturated heterocycles. The first-order valence-electron chi connectivity index (χ1n) is 4.30. The van der Waals surface area contributed by atoms with Gasteiger partial charge in [0, 0.05) is 6.04 Å².